The Hall–Kier alpha value is -3.35. The zero-order valence-corrected chi connectivity index (χ0v) is 16.9. The molecule has 1 aliphatic carbocycles. The molecular formula is C22H24N2O5. The van der Waals surface area contributed by atoms with Crippen LogP contribution < -0.4 is 18.9 Å². The highest BCUT2D eigenvalue weighted by Crippen LogP contribution is 2.55. The number of ether oxygens (including phenoxy) is 4. The van der Waals surface area contributed by atoms with E-state index in [-0.39, 0.29) is 17.7 Å². The van der Waals surface area contributed by atoms with Gasteiger partial charge in [-0.2, -0.15) is 0 Å². The molecule has 7 nitrogen and oxygen atoms in total. The zero-order valence-electron chi connectivity index (χ0n) is 16.9. The molecule has 0 aliphatic heterocycles. The molecule has 29 heavy (non-hydrogen) atoms. The van der Waals surface area contributed by atoms with Gasteiger partial charge < -0.3 is 28.6 Å². The molecule has 0 amide bonds. The van der Waals surface area contributed by atoms with Crippen molar-refractivity contribution >= 4 is 0 Å². The maximum absolute atomic E-state index is 10.3. The molecule has 0 saturated carbocycles. The number of methoxy groups -OCH3 is 4. The maximum Gasteiger partial charge on any atom is 0.203 e. The summed E-state index contributed by atoms with van der Waals surface area (Å²) in [7, 11) is 6.38. The minimum Gasteiger partial charge on any atom is -0.504 e. The molecule has 0 fully saturated rings. The van der Waals surface area contributed by atoms with Crippen molar-refractivity contribution in [1.82, 2.24) is 9.55 Å². The van der Waals surface area contributed by atoms with Gasteiger partial charge in [0.25, 0.3) is 0 Å². The van der Waals surface area contributed by atoms with Gasteiger partial charge in [0.1, 0.15) is 0 Å². The lowest BCUT2D eigenvalue weighted by molar-refractivity contribution is 0.321. The summed E-state index contributed by atoms with van der Waals surface area (Å²) in [6, 6.07) is 7.56. The Morgan fingerprint density at radius 2 is 1.72 bits per heavy atom. The van der Waals surface area contributed by atoms with Crippen molar-refractivity contribution in [1.29, 1.82) is 0 Å². The van der Waals surface area contributed by atoms with Crippen LogP contribution >= 0.6 is 0 Å². The van der Waals surface area contributed by atoms with Crippen LogP contribution in [-0.4, -0.2) is 43.1 Å². The van der Waals surface area contributed by atoms with Crippen LogP contribution in [0.1, 0.15) is 35.1 Å². The van der Waals surface area contributed by atoms with Crippen LogP contribution in [-0.2, 0) is 0 Å². The average Bonchev–Trinajstić information content (AvgIpc) is 3.39. The van der Waals surface area contributed by atoms with E-state index in [1.54, 1.807) is 39.7 Å². The van der Waals surface area contributed by atoms with Crippen molar-refractivity contribution < 1.29 is 24.1 Å². The number of imidazole rings is 1. The molecule has 2 unspecified atom stereocenters. The van der Waals surface area contributed by atoms with E-state index in [0.717, 1.165) is 23.1 Å². The van der Waals surface area contributed by atoms with Gasteiger partial charge in [-0.05, 0) is 35.7 Å². The molecule has 152 valence electrons. The predicted molar refractivity (Wildman–Crippen MR) is 108 cm³/mol. The Morgan fingerprint density at radius 1 is 0.966 bits per heavy atom. The minimum atomic E-state index is -0.0102. The topological polar surface area (TPSA) is 75.0 Å². The summed E-state index contributed by atoms with van der Waals surface area (Å²) in [6.45, 7) is 0. The number of fused-ring (bicyclic) bond motifs is 1. The number of rotatable bonds is 6. The van der Waals surface area contributed by atoms with Gasteiger partial charge in [0.15, 0.2) is 23.0 Å². The Kier molecular flexibility index (Phi) is 4.96. The third-order valence-corrected chi connectivity index (χ3v) is 5.56. The van der Waals surface area contributed by atoms with Crippen molar-refractivity contribution in [2.45, 2.75) is 18.4 Å². The van der Waals surface area contributed by atoms with Crippen LogP contribution in [0, 0.1) is 0 Å². The van der Waals surface area contributed by atoms with E-state index in [4.69, 9.17) is 18.9 Å². The summed E-state index contributed by atoms with van der Waals surface area (Å²) in [5.41, 5.74) is 3.07. The summed E-state index contributed by atoms with van der Waals surface area (Å²) in [5.74, 6) is 2.36. The SMILES string of the molecule is COc1ccc(C2CC(n3ccnc3)c3cc(OC)c(OC)c(OC)c32)cc1O. The van der Waals surface area contributed by atoms with Crippen LogP contribution in [0.4, 0.5) is 0 Å². The van der Waals surface area contributed by atoms with Crippen LogP contribution in [0.3, 0.4) is 0 Å². The highest BCUT2D eigenvalue weighted by Gasteiger charge is 2.38. The average molecular weight is 396 g/mol. The van der Waals surface area contributed by atoms with Crippen molar-refractivity contribution in [3.05, 3.63) is 59.7 Å². The van der Waals surface area contributed by atoms with Crippen LogP contribution in [0.2, 0.25) is 0 Å². The molecule has 0 radical (unpaired) electrons. The molecule has 0 spiro atoms. The van der Waals surface area contributed by atoms with E-state index < -0.39 is 0 Å². The third kappa shape index (κ3) is 3.03. The quantitative estimate of drug-likeness (QED) is 0.684. The second-order valence-corrected chi connectivity index (χ2v) is 6.89. The second kappa shape index (κ2) is 7.58. The molecule has 2 atom stereocenters. The molecular weight excluding hydrogens is 372 g/mol. The molecule has 1 heterocycles. The van der Waals surface area contributed by atoms with Crippen LogP contribution in [0.15, 0.2) is 43.0 Å². The van der Waals surface area contributed by atoms with E-state index in [2.05, 4.69) is 9.55 Å². The number of hydrogen-bond acceptors (Lipinski definition) is 6. The fourth-order valence-corrected chi connectivity index (χ4v) is 4.26. The first kappa shape index (κ1) is 19.0. The molecule has 4 rings (SSSR count). The summed E-state index contributed by atoms with van der Waals surface area (Å²) < 4.78 is 24.3. The van der Waals surface area contributed by atoms with E-state index in [9.17, 15) is 5.11 Å². The maximum atomic E-state index is 10.3. The van der Waals surface area contributed by atoms with Crippen LogP contribution in [0.5, 0.6) is 28.7 Å². The summed E-state index contributed by atoms with van der Waals surface area (Å²) in [5, 5.41) is 10.3. The van der Waals surface area contributed by atoms with Gasteiger partial charge in [0.05, 0.1) is 40.8 Å². The first-order chi connectivity index (χ1) is 14.1. The normalized spacial score (nSPS) is 17.7. The minimum absolute atomic E-state index is 0.0102. The largest absolute Gasteiger partial charge is 0.504 e. The van der Waals surface area contributed by atoms with Crippen molar-refractivity contribution in [3.63, 3.8) is 0 Å². The molecule has 2 aromatic carbocycles. The highest BCUT2D eigenvalue weighted by molar-refractivity contribution is 5.65. The smallest absolute Gasteiger partial charge is 0.203 e. The van der Waals surface area contributed by atoms with Gasteiger partial charge >= 0.3 is 0 Å². The van der Waals surface area contributed by atoms with E-state index >= 15 is 0 Å². The zero-order chi connectivity index (χ0) is 20.5. The molecule has 1 aliphatic rings. The van der Waals surface area contributed by atoms with Crippen molar-refractivity contribution in [3.8, 4) is 28.7 Å². The summed E-state index contributed by atoms with van der Waals surface area (Å²) >= 11 is 0. The number of aromatic nitrogens is 2. The van der Waals surface area contributed by atoms with Gasteiger partial charge in [0.2, 0.25) is 5.75 Å². The highest BCUT2D eigenvalue weighted by atomic mass is 16.5. The standard InChI is InChI=1S/C22H24N2O5/c1-26-18-6-5-13(9-17(18)25)14-10-16(24-8-7-23-12-24)15-11-19(27-2)21(28-3)22(29-4)20(14)15/h5-9,11-12,14,16,25H,10H2,1-4H3. The lowest BCUT2D eigenvalue weighted by Crippen LogP contribution is -2.06. The molecule has 0 saturated heterocycles. The van der Waals surface area contributed by atoms with Gasteiger partial charge in [0, 0.05) is 23.9 Å². The summed E-state index contributed by atoms with van der Waals surface area (Å²) in [4.78, 5) is 4.21. The predicted octanol–water partition coefficient (Wildman–Crippen LogP) is 3.75. The molecule has 3 aromatic rings. The molecule has 1 aromatic heterocycles. The van der Waals surface area contributed by atoms with Gasteiger partial charge in [-0.1, -0.05) is 6.07 Å². The van der Waals surface area contributed by atoms with Crippen molar-refractivity contribution in [2.24, 2.45) is 0 Å². The first-order valence-electron chi connectivity index (χ1n) is 9.30. The van der Waals surface area contributed by atoms with E-state index in [1.807, 2.05) is 24.7 Å². The molecule has 1 N–H and O–H groups in total. The monoisotopic (exact) mass is 396 g/mol. The third-order valence-electron chi connectivity index (χ3n) is 5.56. The number of aromatic hydroxyl groups is 1. The number of nitrogens with zero attached hydrogens (tertiary/aromatic N) is 2. The second-order valence-electron chi connectivity index (χ2n) is 6.89. The van der Waals surface area contributed by atoms with Crippen molar-refractivity contribution in [2.75, 3.05) is 28.4 Å². The Morgan fingerprint density at radius 3 is 2.31 bits per heavy atom. The Labute approximate surface area is 169 Å². The Bertz CT molecular complexity index is 1020. The van der Waals surface area contributed by atoms with Crippen LogP contribution in [0.25, 0.3) is 0 Å². The first-order valence-corrected chi connectivity index (χ1v) is 9.30. The fourth-order valence-electron chi connectivity index (χ4n) is 4.26. The van der Waals surface area contributed by atoms with Gasteiger partial charge in [-0.15, -0.1) is 0 Å². The molecule has 7 heteroatoms. The van der Waals surface area contributed by atoms with E-state index in [1.165, 1.54) is 7.11 Å². The fraction of sp³-hybridized carbons (Fsp3) is 0.318. The molecule has 0 bridgehead atoms. The van der Waals surface area contributed by atoms with E-state index in [0.29, 0.717) is 23.0 Å². The number of phenols is 1. The summed E-state index contributed by atoms with van der Waals surface area (Å²) in [6.07, 6.45) is 6.31. The lowest BCUT2D eigenvalue weighted by Gasteiger charge is -2.20. The van der Waals surface area contributed by atoms with Gasteiger partial charge in [-0.3, -0.25) is 0 Å². The van der Waals surface area contributed by atoms with Gasteiger partial charge in [-0.25, -0.2) is 4.98 Å². The number of benzene rings is 2. The Balaban J connectivity index is 1.94. The lowest BCUT2D eigenvalue weighted by atomic mass is 9.91. The number of hydrogen-bond donors (Lipinski definition) is 1. The number of phenolic OH excluding ortho intramolecular Hbond substituents is 1.